The van der Waals surface area contributed by atoms with E-state index in [0.717, 1.165) is 18.0 Å². The molecule has 0 fully saturated rings. The lowest BCUT2D eigenvalue weighted by molar-refractivity contribution is 0.600. The molecule has 0 unspecified atom stereocenters. The van der Waals surface area contributed by atoms with E-state index in [1.165, 1.54) is 6.20 Å². The molecule has 9 heteroatoms. The Balaban J connectivity index is 2.27. The first kappa shape index (κ1) is 13.2. The highest BCUT2D eigenvalue weighted by atomic mass is 32.2. The summed E-state index contributed by atoms with van der Waals surface area (Å²) in [6.45, 7) is 1.84. The van der Waals surface area contributed by atoms with Crippen LogP contribution in [0.2, 0.25) is 0 Å². The minimum absolute atomic E-state index is 0.0743. The average Bonchev–Trinajstić information content (AvgIpc) is 2.38. The predicted molar refractivity (Wildman–Crippen MR) is 69.6 cm³/mol. The molecule has 2 aromatic rings. The molecule has 0 amide bonds. The van der Waals surface area contributed by atoms with Crippen LogP contribution in [-0.4, -0.2) is 23.4 Å². The highest BCUT2D eigenvalue weighted by Gasteiger charge is 2.16. The summed E-state index contributed by atoms with van der Waals surface area (Å²) in [6, 6.07) is 3.39. The Hall–Kier alpha value is -2.26. The fourth-order valence-corrected chi connectivity index (χ4v) is 2.21. The van der Waals surface area contributed by atoms with E-state index in [0.29, 0.717) is 0 Å². The smallest absolute Gasteiger partial charge is 0.266 e. The summed E-state index contributed by atoms with van der Waals surface area (Å²) in [5, 5.41) is 0. The molecule has 4 N–H and O–H groups in total. The molecule has 0 aliphatic rings. The minimum atomic E-state index is -3.76. The molecule has 0 aromatic carbocycles. The maximum absolute atomic E-state index is 12.0. The number of nitrogens with zero attached hydrogens (tertiary/aromatic N) is 3. The number of hydrogen-bond acceptors (Lipinski definition) is 7. The Bertz CT molecular complexity index is 671. The van der Waals surface area contributed by atoms with Gasteiger partial charge in [0.25, 0.3) is 10.0 Å². The Kier molecular flexibility index (Phi) is 3.58. The van der Waals surface area contributed by atoms with Gasteiger partial charge >= 0.3 is 0 Å². The van der Waals surface area contributed by atoms with Crippen molar-refractivity contribution in [3.63, 3.8) is 0 Å². The molecular formula is C10H12N6O2S. The molecule has 100 valence electrons. The van der Waals surface area contributed by atoms with Crippen LogP contribution in [0.15, 0.2) is 35.6 Å². The first-order valence-electron chi connectivity index (χ1n) is 5.25. The monoisotopic (exact) mass is 280 g/mol. The SMILES string of the molecule is Cc1ccnc(NS(=O)(=O)c2cnc(NN)nc2)c1. The van der Waals surface area contributed by atoms with E-state index >= 15 is 0 Å². The topological polar surface area (TPSA) is 123 Å². The van der Waals surface area contributed by atoms with E-state index in [4.69, 9.17) is 5.84 Å². The van der Waals surface area contributed by atoms with Gasteiger partial charge in [0.2, 0.25) is 5.95 Å². The fourth-order valence-electron chi connectivity index (χ4n) is 1.32. The Morgan fingerprint density at radius 2 is 1.89 bits per heavy atom. The lowest BCUT2D eigenvalue weighted by Crippen LogP contribution is -2.16. The number of rotatable bonds is 4. The standard InChI is InChI=1S/C10H12N6O2S/c1-7-2-3-12-9(4-7)16-19(17,18)8-5-13-10(15-11)14-6-8/h2-6H,11H2,1H3,(H,12,16)(H,13,14,15). The molecule has 2 aromatic heterocycles. The molecule has 0 spiro atoms. The first-order chi connectivity index (χ1) is 9.01. The van der Waals surface area contributed by atoms with Crippen molar-refractivity contribution < 1.29 is 8.42 Å². The molecule has 0 aliphatic heterocycles. The number of hydrazine groups is 1. The number of hydrogen-bond donors (Lipinski definition) is 3. The third-order valence-electron chi connectivity index (χ3n) is 2.22. The van der Waals surface area contributed by atoms with E-state index in [2.05, 4.69) is 25.1 Å². The third-order valence-corrected chi connectivity index (χ3v) is 3.53. The maximum Gasteiger partial charge on any atom is 0.266 e. The van der Waals surface area contributed by atoms with Crippen molar-refractivity contribution >= 4 is 21.8 Å². The Morgan fingerprint density at radius 1 is 1.21 bits per heavy atom. The number of nitrogen functional groups attached to an aromatic ring is 1. The molecular weight excluding hydrogens is 268 g/mol. The summed E-state index contributed by atoms with van der Waals surface area (Å²) < 4.78 is 26.4. The van der Waals surface area contributed by atoms with Crippen LogP contribution in [0.1, 0.15) is 5.56 Å². The van der Waals surface area contributed by atoms with E-state index in [1.54, 1.807) is 12.1 Å². The van der Waals surface area contributed by atoms with Crippen molar-refractivity contribution in [2.75, 3.05) is 10.1 Å². The molecule has 19 heavy (non-hydrogen) atoms. The number of sulfonamides is 1. The summed E-state index contributed by atoms with van der Waals surface area (Å²) in [4.78, 5) is 11.3. The van der Waals surface area contributed by atoms with Crippen LogP contribution in [0.3, 0.4) is 0 Å². The second-order valence-electron chi connectivity index (χ2n) is 3.71. The molecule has 8 nitrogen and oxygen atoms in total. The molecule has 2 rings (SSSR count). The Morgan fingerprint density at radius 3 is 2.47 bits per heavy atom. The molecule has 0 saturated heterocycles. The van der Waals surface area contributed by atoms with Gasteiger partial charge in [-0.2, -0.15) is 0 Å². The van der Waals surface area contributed by atoms with Crippen LogP contribution in [0.5, 0.6) is 0 Å². The van der Waals surface area contributed by atoms with Gasteiger partial charge in [-0.15, -0.1) is 0 Å². The lowest BCUT2D eigenvalue weighted by Gasteiger charge is -2.07. The summed E-state index contributed by atoms with van der Waals surface area (Å²) in [7, 11) is -3.76. The first-order valence-corrected chi connectivity index (χ1v) is 6.74. The van der Waals surface area contributed by atoms with Gasteiger partial charge in [0, 0.05) is 6.20 Å². The van der Waals surface area contributed by atoms with Gasteiger partial charge in [-0.05, 0) is 24.6 Å². The van der Waals surface area contributed by atoms with Gasteiger partial charge in [0.05, 0.1) is 12.4 Å². The van der Waals surface area contributed by atoms with Gasteiger partial charge in [0.1, 0.15) is 10.7 Å². The molecule has 0 bridgehead atoms. The highest BCUT2D eigenvalue weighted by Crippen LogP contribution is 2.13. The summed E-state index contributed by atoms with van der Waals surface area (Å²) >= 11 is 0. The van der Waals surface area contributed by atoms with Crippen molar-refractivity contribution in [1.82, 2.24) is 15.0 Å². The minimum Gasteiger partial charge on any atom is -0.292 e. The van der Waals surface area contributed by atoms with Crippen molar-refractivity contribution in [2.45, 2.75) is 11.8 Å². The molecule has 0 aliphatic carbocycles. The van der Waals surface area contributed by atoms with E-state index in [1.807, 2.05) is 6.92 Å². The Labute approximate surface area is 110 Å². The van der Waals surface area contributed by atoms with E-state index in [-0.39, 0.29) is 16.7 Å². The quantitative estimate of drug-likeness (QED) is 0.542. The fraction of sp³-hybridized carbons (Fsp3) is 0.100. The largest absolute Gasteiger partial charge is 0.292 e. The molecule has 0 radical (unpaired) electrons. The number of nitrogens with one attached hydrogen (secondary N) is 2. The van der Waals surface area contributed by atoms with Gasteiger partial charge in [-0.1, -0.05) is 0 Å². The van der Waals surface area contributed by atoms with Crippen molar-refractivity contribution in [1.29, 1.82) is 0 Å². The van der Waals surface area contributed by atoms with Gasteiger partial charge < -0.3 is 0 Å². The second kappa shape index (κ2) is 5.16. The highest BCUT2D eigenvalue weighted by molar-refractivity contribution is 7.92. The van der Waals surface area contributed by atoms with Crippen LogP contribution >= 0.6 is 0 Å². The number of pyridine rings is 1. The number of nitrogens with two attached hydrogens (primary N) is 1. The van der Waals surface area contributed by atoms with E-state index in [9.17, 15) is 8.42 Å². The zero-order chi connectivity index (χ0) is 13.9. The summed E-state index contributed by atoms with van der Waals surface area (Å²) in [6.07, 6.45) is 3.83. The van der Waals surface area contributed by atoms with Crippen LogP contribution in [0.25, 0.3) is 0 Å². The normalized spacial score (nSPS) is 11.1. The van der Waals surface area contributed by atoms with Crippen molar-refractivity contribution in [2.24, 2.45) is 5.84 Å². The zero-order valence-electron chi connectivity index (χ0n) is 10.0. The van der Waals surface area contributed by atoms with Crippen LogP contribution in [0.4, 0.5) is 11.8 Å². The summed E-state index contributed by atoms with van der Waals surface area (Å²) in [5.41, 5.74) is 3.11. The van der Waals surface area contributed by atoms with E-state index < -0.39 is 10.0 Å². The molecule has 2 heterocycles. The maximum atomic E-state index is 12.0. The predicted octanol–water partition coefficient (Wildman–Crippen LogP) is 0.266. The molecule has 0 atom stereocenters. The third kappa shape index (κ3) is 3.14. The number of aromatic nitrogens is 3. The summed E-state index contributed by atoms with van der Waals surface area (Å²) in [5.74, 6) is 5.47. The number of aryl methyl sites for hydroxylation is 1. The van der Waals surface area contributed by atoms with Crippen molar-refractivity contribution in [3.05, 3.63) is 36.3 Å². The van der Waals surface area contributed by atoms with Gasteiger partial charge in [-0.3, -0.25) is 10.1 Å². The molecule has 0 saturated carbocycles. The second-order valence-corrected chi connectivity index (χ2v) is 5.39. The van der Waals surface area contributed by atoms with Crippen LogP contribution in [-0.2, 0) is 10.0 Å². The lowest BCUT2D eigenvalue weighted by atomic mass is 10.3. The zero-order valence-corrected chi connectivity index (χ0v) is 10.8. The van der Waals surface area contributed by atoms with Crippen molar-refractivity contribution in [3.8, 4) is 0 Å². The van der Waals surface area contributed by atoms with Gasteiger partial charge in [0.15, 0.2) is 0 Å². The van der Waals surface area contributed by atoms with Crippen LogP contribution in [0, 0.1) is 6.92 Å². The van der Waals surface area contributed by atoms with Crippen LogP contribution < -0.4 is 16.0 Å². The average molecular weight is 280 g/mol. The van der Waals surface area contributed by atoms with Gasteiger partial charge in [-0.25, -0.2) is 29.2 Å². The number of anilines is 2.